The summed E-state index contributed by atoms with van der Waals surface area (Å²) in [7, 11) is 0. The van der Waals surface area contributed by atoms with Crippen molar-refractivity contribution < 1.29 is 9.90 Å². The number of rotatable bonds is 5. The minimum atomic E-state index is -0.0667. The molecule has 0 spiro atoms. The SMILES string of the molecule is CC(C)CCn1ccc(CO)c1C=O. The highest BCUT2D eigenvalue weighted by atomic mass is 16.3. The molecular formula is C11H17NO2. The summed E-state index contributed by atoms with van der Waals surface area (Å²) in [6.07, 6.45) is 3.71. The van der Waals surface area contributed by atoms with E-state index in [0.717, 1.165) is 19.3 Å². The number of aliphatic hydroxyl groups is 1. The van der Waals surface area contributed by atoms with Crippen molar-refractivity contribution in [3.63, 3.8) is 0 Å². The van der Waals surface area contributed by atoms with Crippen LogP contribution in [0.2, 0.25) is 0 Å². The third kappa shape index (κ3) is 2.45. The van der Waals surface area contributed by atoms with Crippen LogP contribution in [0, 0.1) is 5.92 Å². The summed E-state index contributed by atoms with van der Waals surface area (Å²) in [4.78, 5) is 10.8. The van der Waals surface area contributed by atoms with E-state index < -0.39 is 0 Å². The number of nitrogens with zero attached hydrogens (tertiary/aromatic N) is 1. The second-order valence-electron chi connectivity index (χ2n) is 3.88. The number of aliphatic hydroxyl groups excluding tert-OH is 1. The van der Waals surface area contributed by atoms with E-state index in [1.807, 2.05) is 10.8 Å². The van der Waals surface area contributed by atoms with E-state index in [2.05, 4.69) is 13.8 Å². The highest BCUT2D eigenvalue weighted by molar-refractivity contribution is 5.75. The smallest absolute Gasteiger partial charge is 0.166 e. The summed E-state index contributed by atoms with van der Waals surface area (Å²) < 4.78 is 1.90. The standard InChI is InChI=1S/C11H17NO2/c1-9(2)3-5-12-6-4-10(7-13)11(12)8-14/h4,6,8-9,13H,3,5,7H2,1-2H3. The summed E-state index contributed by atoms with van der Waals surface area (Å²) in [6, 6.07) is 1.80. The highest BCUT2D eigenvalue weighted by Gasteiger charge is 2.07. The lowest BCUT2D eigenvalue weighted by molar-refractivity contribution is 0.111. The fraction of sp³-hybridized carbons (Fsp3) is 0.545. The van der Waals surface area contributed by atoms with Gasteiger partial charge in [-0.25, -0.2) is 0 Å². The number of carbonyl (C=O) groups excluding carboxylic acids is 1. The molecule has 0 aliphatic heterocycles. The van der Waals surface area contributed by atoms with Gasteiger partial charge in [0, 0.05) is 18.3 Å². The maximum atomic E-state index is 10.8. The van der Waals surface area contributed by atoms with Gasteiger partial charge in [0.2, 0.25) is 0 Å². The summed E-state index contributed by atoms with van der Waals surface area (Å²) in [5.41, 5.74) is 1.32. The predicted molar refractivity (Wildman–Crippen MR) is 55.2 cm³/mol. The molecule has 1 heterocycles. The summed E-state index contributed by atoms with van der Waals surface area (Å²) in [5.74, 6) is 0.620. The molecule has 3 heteroatoms. The number of hydrogen-bond acceptors (Lipinski definition) is 2. The van der Waals surface area contributed by atoms with Crippen LogP contribution in [0.15, 0.2) is 12.3 Å². The number of aldehydes is 1. The van der Waals surface area contributed by atoms with Crippen LogP contribution < -0.4 is 0 Å². The van der Waals surface area contributed by atoms with Crippen LogP contribution in [0.4, 0.5) is 0 Å². The number of aromatic nitrogens is 1. The average Bonchev–Trinajstić information content (AvgIpc) is 2.56. The zero-order valence-corrected chi connectivity index (χ0v) is 8.73. The molecule has 0 fully saturated rings. The lowest BCUT2D eigenvalue weighted by Gasteiger charge is -2.08. The number of carbonyl (C=O) groups is 1. The van der Waals surface area contributed by atoms with Crippen LogP contribution in [0.25, 0.3) is 0 Å². The first kappa shape index (κ1) is 11.0. The Kier molecular flexibility index (Phi) is 3.89. The van der Waals surface area contributed by atoms with Crippen LogP contribution >= 0.6 is 0 Å². The van der Waals surface area contributed by atoms with Gasteiger partial charge in [-0.1, -0.05) is 13.8 Å². The van der Waals surface area contributed by atoms with Gasteiger partial charge in [-0.15, -0.1) is 0 Å². The predicted octanol–water partition coefficient (Wildman–Crippen LogP) is 1.84. The van der Waals surface area contributed by atoms with Crippen molar-refractivity contribution in [2.45, 2.75) is 33.4 Å². The van der Waals surface area contributed by atoms with E-state index in [1.54, 1.807) is 6.07 Å². The maximum Gasteiger partial charge on any atom is 0.166 e. The molecule has 0 atom stereocenters. The number of aryl methyl sites for hydroxylation is 1. The van der Waals surface area contributed by atoms with Crippen molar-refractivity contribution in [1.82, 2.24) is 4.57 Å². The topological polar surface area (TPSA) is 42.2 Å². The molecule has 0 unspecified atom stereocenters. The van der Waals surface area contributed by atoms with Crippen LogP contribution in [-0.2, 0) is 13.2 Å². The van der Waals surface area contributed by atoms with E-state index in [1.165, 1.54) is 0 Å². The van der Waals surface area contributed by atoms with Gasteiger partial charge in [0.1, 0.15) is 0 Å². The van der Waals surface area contributed by atoms with E-state index in [4.69, 9.17) is 5.11 Å². The first-order valence-electron chi connectivity index (χ1n) is 4.93. The van der Waals surface area contributed by atoms with Crippen molar-refractivity contribution >= 4 is 6.29 Å². The summed E-state index contributed by atoms with van der Waals surface area (Å²) >= 11 is 0. The van der Waals surface area contributed by atoms with Gasteiger partial charge < -0.3 is 9.67 Å². The molecule has 1 aromatic rings. The molecule has 0 bridgehead atoms. The zero-order valence-electron chi connectivity index (χ0n) is 8.73. The Bertz CT molecular complexity index is 302. The van der Waals surface area contributed by atoms with Gasteiger partial charge in [0.25, 0.3) is 0 Å². The van der Waals surface area contributed by atoms with Gasteiger partial charge in [0.15, 0.2) is 6.29 Å². The van der Waals surface area contributed by atoms with E-state index in [0.29, 0.717) is 17.2 Å². The Balaban J connectivity index is 2.76. The molecule has 78 valence electrons. The molecule has 0 amide bonds. The van der Waals surface area contributed by atoms with Gasteiger partial charge in [-0.3, -0.25) is 4.79 Å². The van der Waals surface area contributed by atoms with E-state index in [-0.39, 0.29) is 6.61 Å². The Hall–Kier alpha value is -1.09. The first-order valence-corrected chi connectivity index (χ1v) is 4.93. The molecule has 0 aliphatic rings. The second-order valence-corrected chi connectivity index (χ2v) is 3.88. The molecule has 1 aromatic heterocycles. The third-order valence-electron chi connectivity index (χ3n) is 2.32. The molecule has 0 aromatic carbocycles. The molecule has 0 saturated heterocycles. The van der Waals surface area contributed by atoms with E-state index >= 15 is 0 Å². The molecule has 0 aliphatic carbocycles. The van der Waals surface area contributed by atoms with Crippen molar-refractivity contribution in [1.29, 1.82) is 0 Å². The Morgan fingerprint density at radius 2 is 2.29 bits per heavy atom. The van der Waals surface area contributed by atoms with Crippen molar-refractivity contribution in [3.8, 4) is 0 Å². The van der Waals surface area contributed by atoms with Gasteiger partial charge >= 0.3 is 0 Å². The lowest BCUT2D eigenvalue weighted by Crippen LogP contribution is -2.05. The molecule has 0 radical (unpaired) electrons. The molecule has 14 heavy (non-hydrogen) atoms. The Morgan fingerprint density at radius 1 is 1.57 bits per heavy atom. The van der Waals surface area contributed by atoms with Crippen LogP contribution in [0.1, 0.15) is 36.3 Å². The van der Waals surface area contributed by atoms with E-state index in [9.17, 15) is 4.79 Å². The largest absolute Gasteiger partial charge is 0.392 e. The van der Waals surface area contributed by atoms with Crippen molar-refractivity contribution in [2.24, 2.45) is 5.92 Å². The van der Waals surface area contributed by atoms with Gasteiger partial charge in [0.05, 0.1) is 12.3 Å². The number of hydrogen-bond donors (Lipinski definition) is 1. The molecular weight excluding hydrogens is 178 g/mol. The van der Waals surface area contributed by atoms with Gasteiger partial charge in [-0.05, 0) is 18.4 Å². The van der Waals surface area contributed by atoms with Crippen LogP contribution in [0.3, 0.4) is 0 Å². The molecule has 0 saturated carbocycles. The monoisotopic (exact) mass is 195 g/mol. The highest BCUT2D eigenvalue weighted by Crippen LogP contribution is 2.11. The van der Waals surface area contributed by atoms with Gasteiger partial charge in [-0.2, -0.15) is 0 Å². The molecule has 1 N–H and O–H groups in total. The maximum absolute atomic E-state index is 10.8. The fourth-order valence-electron chi connectivity index (χ4n) is 1.40. The zero-order chi connectivity index (χ0) is 10.6. The first-order chi connectivity index (χ1) is 6.69. The Labute approximate surface area is 84.4 Å². The fourth-order valence-corrected chi connectivity index (χ4v) is 1.40. The molecule has 1 rings (SSSR count). The Morgan fingerprint density at radius 3 is 2.79 bits per heavy atom. The normalized spacial score (nSPS) is 10.9. The summed E-state index contributed by atoms with van der Waals surface area (Å²) in [6.45, 7) is 5.07. The minimum Gasteiger partial charge on any atom is -0.392 e. The van der Waals surface area contributed by atoms with Crippen LogP contribution in [-0.4, -0.2) is 16.0 Å². The minimum absolute atomic E-state index is 0.0667. The second kappa shape index (κ2) is 4.96. The molecule has 3 nitrogen and oxygen atoms in total. The lowest BCUT2D eigenvalue weighted by atomic mass is 10.1. The average molecular weight is 195 g/mol. The van der Waals surface area contributed by atoms with Crippen molar-refractivity contribution in [2.75, 3.05) is 0 Å². The summed E-state index contributed by atoms with van der Waals surface area (Å²) in [5, 5.41) is 8.97. The quantitative estimate of drug-likeness (QED) is 0.728. The third-order valence-corrected chi connectivity index (χ3v) is 2.32. The van der Waals surface area contributed by atoms with Crippen molar-refractivity contribution in [3.05, 3.63) is 23.5 Å². The van der Waals surface area contributed by atoms with Crippen LogP contribution in [0.5, 0.6) is 0 Å².